The number of aromatic nitrogens is 3. The van der Waals surface area contributed by atoms with Gasteiger partial charge in [0.1, 0.15) is 11.6 Å². The molecule has 92 valence electrons. The summed E-state index contributed by atoms with van der Waals surface area (Å²) in [4.78, 5) is 22.8. The number of carbonyl (C=O) groups is 1. The normalized spacial score (nSPS) is 10.1. The lowest BCUT2D eigenvalue weighted by molar-refractivity contribution is 0.259. The number of nitrogens with one attached hydrogen (secondary N) is 1. The third-order valence-corrected chi connectivity index (χ3v) is 2.13. The van der Waals surface area contributed by atoms with Crippen LogP contribution in [0.2, 0.25) is 0 Å². The lowest BCUT2D eigenvalue weighted by atomic mass is 10.2. The fourth-order valence-electron chi connectivity index (χ4n) is 1.43. The smallest absolute Gasteiger partial charge is 0.319 e. The van der Waals surface area contributed by atoms with Crippen LogP contribution in [0.3, 0.4) is 0 Å². The first-order chi connectivity index (χ1) is 8.56. The Morgan fingerprint density at radius 3 is 2.67 bits per heavy atom. The summed E-state index contributed by atoms with van der Waals surface area (Å²) in [7, 11) is 0. The van der Waals surface area contributed by atoms with E-state index in [4.69, 9.17) is 5.73 Å². The number of amides is 2. The zero-order valence-electron chi connectivity index (χ0n) is 9.58. The first-order valence-electron chi connectivity index (χ1n) is 5.14. The number of aromatic hydroxyl groups is 1. The van der Waals surface area contributed by atoms with Crippen molar-refractivity contribution in [3.63, 3.8) is 0 Å². The van der Waals surface area contributed by atoms with E-state index in [9.17, 15) is 9.90 Å². The quantitative estimate of drug-likeness (QED) is 0.731. The Morgan fingerprint density at radius 1 is 1.28 bits per heavy atom. The van der Waals surface area contributed by atoms with Gasteiger partial charge in [-0.1, -0.05) is 12.1 Å². The molecule has 0 unspecified atom stereocenters. The molecule has 0 saturated heterocycles. The van der Waals surface area contributed by atoms with Crippen LogP contribution in [0.1, 0.15) is 5.82 Å². The Balaban J connectivity index is 2.48. The van der Waals surface area contributed by atoms with Gasteiger partial charge in [-0.25, -0.2) is 9.78 Å². The molecule has 0 fully saturated rings. The van der Waals surface area contributed by atoms with Crippen molar-refractivity contribution in [2.24, 2.45) is 5.73 Å². The van der Waals surface area contributed by atoms with Crippen LogP contribution in [0.4, 0.5) is 10.7 Å². The fraction of sp³-hybridized carbons (Fsp3) is 0.0909. The predicted molar refractivity (Wildman–Crippen MR) is 64.9 cm³/mol. The minimum atomic E-state index is -0.760. The molecule has 0 aliphatic carbocycles. The van der Waals surface area contributed by atoms with Crippen LogP contribution in [0, 0.1) is 6.92 Å². The monoisotopic (exact) mass is 245 g/mol. The molecule has 1 aromatic heterocycles. The van der Waals surface area contributed by atoms with E-state index in [1.54, 1.807) is 25.1 Å². The molecule has 1 aromatic carbocycles. The van der Waals surface area contributed by atoms with Gasteiger partial charge in [0.2, 0.25) is 5.95 Å². The minimum absolute atomic E-state index is 0.0492. The predicted octanol–water partition coefficient (Wildman–Crippen LogP) is 1.04. The number of primary amides is 1. The molecule has 7 heteroatoms. The van der Waals surface area contributed by atoms with Gasteiger partial charge < -0.3 is 10.8 Å². The highest BCUT2D eigenvalue weighted by Crippen LogP contribution is 2.25. The average molecular weight is 245 g/mol. The van der Waals surface area contributed by atoms with Crippen molar-refractivity contribution in [2.75, 3.05) is 5.32 Å². The lowest BCUT2D eigenvalue weighted by Gasteiger charge is -2.06. The number of nitrogens with two attached hydrogens (primary N) is 1. The molecule has 0 spiro atoms. The van der Waals surface area contributed by atoms with E-state index in [0.717, 1.165) is 0 Å². The maximum absolute atomic E-state index is 10.8. The average Bonchev–Trinajstić information content (AvgIpc) is 2.27. The van der Waals surface area contributed by atoms with Gasteiger partial charge in [-0.3, -0.25) is 5.32 Å². The highest BCUT2D eigenvalue weighted by atomic mass is 16.3. The molecule has 0 bridgehead atoms. The summed E-state index contributed by atoms with van der Waals surface area (Å²) in [6, 6.07) is 5.86. The summed E-state index contributed by atoms with van der Waals surface area (Å²) < 4.78 is 0. The first kappa shape index (κ1) is 11.8. The number of anilines is 1. The zero-order valence-corrected chi connectivity index (χ0v) is 9.58. The molecule has 2 amide bonds. The van der Waals surface area contributed by atoms with Gasteiger partial charge in [0, 0.05) is 0 Å². The van der Waals surface area contributed by atoms with Crippen LogP contribution in [0.5, 0.6) is 5.75 Å². The highest BCUT2D eigenvalue weighted by molar-refractivity contribution is 5.85. The van der Waals surface area contributed by atoms with Crippen LogP contribution in [-0.4, -0.2) is 26.1 Å². The van der Waals surface area contributed by atoms with E-state index >= 15 is 0 Å². The van der Waals surface area contributed by atoms with E-state index in [-0.39, 0.29) is 17.5 Å². The molecule has 1 heterocycles. The molecular formula is C11H11N5O2. The third-order valence-electron chi connectivity index (χ3n) is 2.13. The summed E-state index contributed by atoms with van der Waals surface area (Å²) in [5.41, 5.74) is 5.45. The number of carbonyl (C=O) groups excluding carboxylic acids is 1. The summed E-state index contributed by atoms with van der Waals surface area (Å²) in [5.74, 6) is 0.776. The maximum atomic E-state index is 10.8. The van der Waals surface area contributed by atoms with Gasteiger partial charge in [-0.15, -0.1) is 0 Å². The van der Waals surface area contributed by atoms with Crippen LogP contribution in [0.15, 0.2) is 24.3 Å². The Hall–Kier alpha value is -2.70. The Kier molecular flexibility index (Phi) is 3.05. The van der Waals surface area contributed by atoms with Gasteiger partial charge in [-0.2, -0.15) is 9.97 Å². The molecule has 18 heavy (non-hydrogen) atoms. The molecule has 2 aromatic rings. The molecule has 0 saturated carbocycles. The summed E-state index contributed by atoms with van der Waals surface area (Å²) in [5, 5.41) is 12.0. The number of hydrogen-bond acceptors (Lipinski definition) is 5. The van der Waals surface area contributed by atoms with E-state index in [2.05, 4.69) is 20.3 Å². The maximum Gasteiger partial charge on any atom is 0.319 e. The number of urea groups is 1. The standard InChI is InChI=1S/C11H11N5O2/c1-6-13-9(7-4-2-3-5-8(7)17)15-11(14-6)16-10(12)18/h2-5,17H,1H3,(H3,12,13,14,15,16,18). The number of nitrogens with zero attached hydrogens (tertiary/aromatic N) is 3. The molecule has 0 aliphatic rings. The van der Waals surface area contributed by atoms with Gasteiger partial charge in [0.25, 0.3) is 0 Å². The van der Waals surface area contributed by atoms with E-state index < -0.39 is 6.03 Å². The number of para-hydroxylation sites is 1. The van der Waals surface area contributed by atoms with Crippen molar-refractivity contribution in [1.29, 1.82) is 0 Å². The van der Waals surface area contributed by atoms with Gasteiger partial charge in [0.05, 0.1) is 5.56 Å². The number of phenolic OH excluding ortho intramolecular Hbond substituents is 1. The van der Waals surface area contributed by atoms with Crippen molar-refractivity contribution in [3.8, 4) is 17.1 Å². The Bertz CT molecular complexity index is 600. The summed E-state index contributed by atoms with van der Waals surface area (Å²) >= 11 is 0. The Morgan fingerprint density at radius 2 is 2.00 bits per heavy atom. The van der Waals surface area contributed by atoms with E-state index in [1.165, 1.54) is 6.07 Å². The largest absolute Gasteiger partial charge is 0.507 e. The van der Waals surface area contributed by atoms with E-state index in [0.29, 0.717) is 11.4 Å². The fourth-order valence-corrected chi connectivity index (χ4v) is 1.43. The SMILES string of the molecule is Cc1nc(NC(N)=O)nc(-c2ccccc2O)n1. The Labute approximate surface area is 103 Å². The molecule has 4 N–H and O–H groups in total. The number of rotatable bonds is 2. The van der Waals surface area contributed by atoms with Crippen LogP contribution >= 0.6 is 0 Å². The minimum Gasteiger partial charge on any atom is -0.507 e. The molecule has 0 aliphatic heterocycles. The van der Waals surface area contributed by atoms with E-state index in [1.807, 2.05) is 0 Å². The van der Waals surface area contributed by atoms with Gasteiger partial charge in [0.15, 0.2) is 5.82 Å². The topological polar surface area (TPSA) is 114 Å². The lowest BCUT2D eigenvalue weighted by Crippen LogP contribution is -2.21. The second kappa shape index (κ2) is 4.66. The number of hydrogen-bond donors (Lipinski definition) is 3. The zero-order chi connectivity index (χ0) is 13.1. The van der Waals surface area contributed by atoms with Crippen molar-refractivity contribution in [3.05, 3.63) is 30.1 Å². The molecule has 7 nitrogen and oxygen atoms in total. The summed E-state index contributed by atoms with van der Waals surface area (Å²) in [6.45, 7) is 1.65. The van der Waals surface area contributed by atoms with Crippen LogP contribution < -0.4 is 11.1 Å². The second-order valence-corrected chi connectivity index (χ2v) is 3.54. The highest BCUT2D eigenvalue weighted by Gasteiger charge is 2.10. The van der Waals surface area contributed by atoms with Crippen molar-refractivity contribution >= 4 is 12.0 Å². The summed E-state index contributed by atoms with van der Waals surface area (Å²) in [6.07, 6.45) is 0. The first-order valence-corrected chi connectivity index (χ1v) is 5.14. The van der Waals surface area contributed by atoms with Crippen LogP contribution in [-0.2, 0) is 0 Å². The van der Waals surface area contributed by atoms with Crippen molar-refractivity contribution < 1.29 is 9.90 Å². The number of aryl methyl sites for hydroxylation is 1. The molecule has 0 atom stereocenters. The second-order valence-electron chi connectivity index (χ2n) is 3.54. The molecule has 0 radical (unpaired) electrons. The van der Waals surface area contributed by atoms with Gasteiger partial charge >= 0.3 is 6.03 Å². The molecule has 2 rings (SSSR count). The molecular weight excluding hydrogens is 234 g/mol. The van der Waals surface area contributed by atoms with Gasteiger partial charge in [-0.05, 0) is 19.1 Å². The van der Waals surface area contributed by atoms with Crippen molar-refractivity contribution in [2.45, 2.75) is 6.92 Å². The third kappa shape index (κ3) is 2.51. The number of benzene rings is 1. The van der Waals surface area contributed by atoms with Crippen LogP contribution in [0.25, 0.3) is 11.4 Å². The number of phenols is 1. The van der Waals surface area contributed by atoms with Crippen molar-refractivity contribution in [1.82, 2.24) is 15.0 Å².